The van der Waals surface area contributed by atoms with E-state index < -0.39 is 35.9 Å². The fraction of sp³-hybridized carbons (Fsp3) is 0.448. The van der Waals surface area contributed by atoms with E-state index in [1.807, 2.05) is 62.4 Å². The number of alkyl halides is 1. The zero-order valence-corrected chi connectivity index (χ0v) is 24.1. The first-order valence-electron chi connectivity index (χ1n) is 13.0. The maximum atomic E-state index is 13.4. The molecule has 206 valence electrons. The van der Waals surface area contributed by atoms with Gasteiger partial charge in [0, 0.05) is 17.3 Å². The number of hydrogen-bond donors (Lipinski definition) is 4. The molecule has 2 aromatic carbocycles. The van der Waals surface area contributed by atoms with Crippen LogP contribution in [0.3, 0.4) is 0 Å². The van der Waals surface area contributed by atoms with Crippen molar-refractivity contribution in [2.75, 3.05) is 4.43 Å². The third kappa shape index (κ3) is 11.6. The number of carboxylic acid groups (broad SMARTS) is 1. The molecule has 0 bridgehead atoms. The fourth-order valence-corrected chi connectivity index (χ4v) is 4.40. The van der Waals surface area contributed by atoms with Gasteiger partial charge in [-0.3, -0.25) is 14.4 Å². The summed E-state index contributed by atoms with van der Waals surface area (Å²) in [5.41, 5.74) is 1.81. The second-order valence-electron chi connectivity index (χ2n) is 9.72. The number of halogens is 1. The largest absolute Gasteiger partial charge is 0.480 e. The lowest BCUT2D eigenvalue weighted by atomic mass is 10.00. The Kier molecular flexibility index (Phi) is 13.8. The van der Waals surface area contributed by atoms with Crippen LogP contribution >= 0.6 is 22.6 Å². The first-order valence-corrected chi connectivity index (χ1v) is 14.5. The molecule has 0 aliphatic rings. The molecule has 38 heavy (non-hydrogen) atoms. The molecule has 0 aliphatic carbocycles. The summed E-state index contributed by atoms with van der Waals surface area (Å²) in [5, 5.41) is 17.9. The molecule has 0 unspecified atom stereocenters. The topological polar surface area (TPSA) is 125 Å². The smallest absolute Gasteiger partial charge is 0.326 e. The van der Waals surface area contributed by atoms with E-state index in [1.54, 1.807) is 12.1 Å². The van der Waals surface area contributed by atoms with Gasteiger partial charge in [-0.15, -0.1) is 0 Å². The molecule has 0 radical (unpaired) electrons. The van der Waals surface area contributed by atoms with Crippen molar-refractivity contribution in [2.24, 2.45) is 5.92 Å². The van der Waals surface area contributed by atoms with Crippen molar-refractivity contribution in [1.29, 1.82) is 0 Å². The molecule has 2 rings (SSSR count). The van der Waals surface area contributed by atoms with Crippen molar-refractivity contribution in [2.45, 2.75) is 70.5 Å². The summed E-state index contributed by atoms with van der Waals surface area (Å²) in [4.78, 5) is 50.9. The Balaban J connectivity index is 2.14. The van der Waals surface area contributed by atoms with E-state index in [1.165, 1.54) is 0 Å². The van der Waals surface area contributed by atoms with E-state index in [4.69, 9.17) is 0 Å². The normalized spacial score (nSPS) is 13.3. The molecule has 8 nitrogen and oxygen atoms in total. The summed E-state index contributed by atoms with van der Waals surface area (Å²) < 4.78 is 0.830. The van der Waals surface area contributed by atoms with Crippen LogP contribution in [0.1, 0.15) is 50.7 Å². The third-order valence-corrected chi connectivity index (χ3v) is 6.75. The van der Waals surface area contributed by atoms with Gasteiger partial charge in [0.15, 0.2) is 0 Å². The van der Waals surface area contributed by atoms with Crippen LogP contribution in [0.25, 0.3) is 0 Å². The monoisotopic (exact) mass is 635 g/mol. The van der Waals surface area contributed by atoms with Gasteiger partial charge >= 0.3 is 5.97 Å². The highest BCUT2D eigenvalue weighted by Crippen LogP contribution is 2.11. The average molecular weight is 636 g/mol. The number of rotatable bonds is 16. The number of carbonyl (C=O) groups excluding carboxylic acids is 3. The van der Waals surface area contributed by atoms with Gasteiger partial charge in [-0.05, 0) is 42.7 Å². The molecule has 0 spiro atoms. The SMILES string of the molecule is CC(C)C[C@H](NC(=O)[C@H](CCc1ccccc1)NC(=O)CCCI)C(=O)N[C@@H](Cc1ccccc1)C(=O)O. The van der Waals surface area contributed by atoms with Gasteiger partial charge in [0.25, 0.3) is 0 Å². The Morgan fingerprint density at radius 3 is 1.89 bits per heavy atom. The van der Waals surface area contributed by atoms with Gasteiger partial charge in [0.1, 0.15) is 18.1 Å². The van der Waals surface area contributed by atoms with Gasteiger partial charge in [-0.25, -0.2) is 4.79 Å². The van der Waals surface area contributed by atoms with Gasteiger partial charge in [-0.2, -0.15) is 0 Å². The van der Waals surface area contributed by atoms with E-state index >= 15 is 0 Å². The molecule has 0 fully saturated rings. The number of hydrogen-bond acceptors (Lipinski definition) is 4. The molecule has 3 atom stereocenters. The minimum absolute atomic E-state index is 0.0597. The summed E-state index contributed by atoms with van der Waals surface area (Å²) in [6.07, 6.45) is 2.40. The van der Waals surface area contributed by atoms with Crippen molar-refractivity contribution >= 4 is 46.3 Å². The molecule has 4 N–H and O–H groups in total. The van der Waals surface area contributed by atoms with E-state index in [2.05, 4.69) is 38.5 Å². The van der Waals surface area contributed by atoms with Crippen LogP contribution in [-0.4, -0.2) is 51.4 Å². The van der Waals surface area contributed by atoms with Gasteiger partial charge in [0.2, 0.25) is 17.7 Å². The van der Waals surface area contributed by atoms with Crippen molar-refractivity contribution in [1.82, 2.24) is 16.0 Å². The van der Waals surface area contributed by atoms with Crippen molar-refractivity contribution in [3.63, 3.8) is 0 Å². The van der Waals surface area contributed by atoms with E-state index in [-0.39, 0.29) is 18.2 Å². The summed E-state index contributed by atoms with van der Waals surface area (Å²) in [6, 6.07) is 15.8. The van der Waals surface area contributed by atoms with Crippen molar-refractivity contribution in [3.8, 4) is 0 Å². The molecule has 0 aliphatic heterocycles. The summed E-state index contributed by atoms with van der Waals surface area (Å²) in [6.45, 7) is 3.84. The number of aliphatic carboxylic acids is 1. The van der Waals surface area contributed by atoms with E-state index in [0.717, 1.165) is 15.6 Å². The lowest BCUT2D eigenvalue weighted by Gasteiger charge is -2.25. The zero-order valence-electron chi connectivity index (χ0n) is 22.0. The van der Waals surface area contributed by atoms with Crippen LogP contribution < -0.4 is 16.0 Å². The van der Waals surface area contributed by atoms with Crippen LogP contribution in [0.2, 0.25) is 0 Å². The molecule has 3 amide bonds. The molecule has 0 saturated carbocycles. The Hall–Kier alpha value is -2.95. The predicted molar refractivity (Wildman–Crippen MR) is 156 cm³/mol. The number of carbonyl (C=O) groups is 4. The maximum Gasteiger partial charge on any atom is 0.326 e. The predicted octanol–water partition coefficient (Wildman–Crippen LogP) is 3.66. The third-order valence-electron chi connectivity index (χ3n) is 5.99. The Morgan fingerprint density at radius 1 is 0.789 bits per heavy atom. The second kappa shape index (κ2) is 16.8. The number of aryl methyl sites for hydroxylation is 1. The lowest BCUT2D eigenvalue weighted by molar-refractivity contribution is -0.142. The first kappa shape index (κ1) is 31.3. The van der Waals surface area contributed by atoms with Gasteiger partial charge in [0.05, 0.1) is 0 Å². The van der Waals surface area contributed by atoms with Gasteiger partial charge in [-0.1, -0.05) is 97.1 Å². The van der Waals surface area contributed by atoms with E-state index in [0.29, 0.717) is 32.1 Å². The Morgan fingerprint density at radius 2 is 1.34 bits per heavy atom. The molecule has 0 heterocycles. The second-order valence-corrected chi connectivity index (χ2v) is 10.8. The van der Waals surface area contributed by atoms with Crippen LogP contribution in [0.15, 0.2) is 60.7 Å². The molecule has 0 aromatic heterocycles. The summed E-state index contributed by atoms with van der Waals surface area (Å²) >= 11 is 2.20. The van der Waals surface area contributed by atoms with Crippen LogP contribution in [0.4, 0.5) is 0 Å². The zero-order chi connectivity index (χ0) is 27.9. The average Bonchev–Trinajstić information content (AvgIpc) is 2.89. The standard InChI is InChI=1S/C29H38IN3O5/c1-20(2)18-24(28(36)33-25(29(37)38)19-22-12-7-4-8-13-22)32-27(35)23(31-26(34)14-9-17-30)16-15-21-10-5-3-6-11-21/h3-8,10-13,20,23-25H,9,14-19H2,1-2H3,(H,31,34)(H,32,35)(H,33,36)(H,37,38)/t23-,24-,25-/m0/s1. The highest BCUT2D eigenvalue weighted by Gasteiger charge is 2.30. The van der Waals surface area contributed by atoms with Crippen molar-refractivity contribution < 1.29 is 24.3 Å². The maximum absolute atomic E-state index is 13.4. The molecule has 0 saturated heterocycles. The summed E-state index contributed by atoms with van der Waals surface area (Å²) in [5.74, 6) is -2.33. The first-order chi connectivity index (χ1) is 18.2. The highest BCUT2D eigenvalue weighted by atomic mass is 127. The number of carboxylic acids is 1. The number of nitrogens with one attached hydrogen (secondary N) is 3. The molecular formula is C29H38IN3O5. The summed E-state index contributed by atoms with van der Waals surface area (Å²) in [7, 11) is 0. The van der Waals surface area contributed by atoms with Crippen LogP contribution in [0, 0.1) is 5.92 Å². The quantitative estimate of drug-likeness (QED) is 0.166. The number of benzene rings is 2. The molecule has 9 heteroatoms. The van der Waals surface area contributed by atoms with Gasteiger partial charge < -0.3 is 21.1 Å². The number of amides is 3. The van der Waals surface area contributed by atoms with Crippen LogP contribution in [-0.2, 0) is 32.0 Å². The van der Waals surface area contributed by atoms with E-state index in [9.17, 15) is 24.3 Å². The lowest BCUT2D eigenvalue weighted by Crippen LogP contribution is -2.56. The minimum atomic E-state index is -1.15. The fourth-order valence-electron chi connectivity index (χ4n) is 4.02. The molecular weight excluding hydrogens is 597 g/mol. The van der Waals surface area contributed by atoms with Crippen molar-refractivity contribution in [3.05, 3.63) is 71.8 Å². The molecule has 2 aromatic rings. The Bertz CT molecular complexity index is 1030. The van der Waals surface area contributed by atoms with Crippen LogP contribution in [0.5, 0.6) is 0 Å². The minimum Gasteiger partial charge on any atom is -0.480 e. The highest BCUT2D eigenvalue weighted by molar-refractivity contribution is 14.1. The Labute approximate surface area is 238 Å².